The molecule has 4 spiro atoms. The summed E-state index contributed by atoms with van der Waals surface area (Å²) >= 11 is 0. The standard InChI is InChI=1S/C85H36N18/c1-2-36-11-19-52-46-32-88-78-62(58-27-42-25-48-74-44(30-86-48)50-17-9-34(1)66-67(36)94(52)83(90(42)74,92(50)66)100(58)76(46)78)54-21-13-38-5-6-39-14-22-55-63-60-29-61-65-57-24-16-40-7-3-35-10-18-51-45-31-87-49-26-43-28-59-64-56-23-15-41-8-4-37-12-20-53-47-33-89(82(88)96(54)70(38)71(39)97(55)82)79(63)77(47)101(60)85(95(53)69(37)73(41)99(56)85)103(61)80(64)81(65)102(59)84(91(43)75(45)49)93(51)68(35)72(40)98(57)84/h1-26,30-33H,27-29H2/q+6/p+2. The lowest BCUT2D eigenvalue weighted by Crippen LogP contribution is -2.82. The van der Waals surface area contributed by atoms with E-state index in [4.69, 9.17) is 0 Å². The van der Waals surface area contributed by atoms with Crippen LogP contribution in [0.15, 0.2) is 183 Å². The molecule has 4 unspecified atom stereocenters. The molecule has 0 aliphatic carbocycles. The van der Waals surface area contributed by atoms with Crippen LogP contribution in [0, 0.1) is 0 Å². The van der Waals surface area contributed by atoms with Crippen molar-refractivity contribution < 1.29 is 36.5 Å². The van der Waals surface area contributed by atoms with Gasteiger partial charge in [0.05, 0.1) is 166 Å². The molecule has 18 nitrogen and oxygen atoms in total. The molecule has 2 N–H and O–H groups in total. The van der Waals surface area contributed by atoms with E-state index in [0.717, 1.165) is 12.8 Å². The molecule has 33 heterocycles. The zero-order chi connectivity index (χ0) is 63.7. The van der Waals surface area contributed by atoms with Crippen LogP contribution < -0.4 is 36.5 Å². The second-order valence-electron chi connectivity index (χ2n) is 32.5. The number of rotatable bonds is 0. The van der Waals surface area contributed by atoms with Gasteiger partial charge in [-0.2, -0.15) is 27.4 Å². The number of pyridine rings is 8. The molecular formula is C85H38N18+8. The number of fused-ring (bicyclic) bond motifs is 12. The van der Waals surface area contributed by atoms with Crippen LogP contribution in [0.4, 0.5) is 0 Å². The van der Waals surface area contributed by atoms with E-state index in [1.807, 2.05) is 0 Å². The van der Waals surface area contributed by atoms with E-state index >= 15 is 0 Å². The molecule has 103 heavy (non-hydrogen) atoms. The third-order valence-electron chi connectivity index (χ3n) is 29.6. The Hall–Kier alpha value is -13.7. The van der Waals surface area contributed by atoms with Crippen LogP contribution in [-0.2, 0) is 42.9 Å². The Labute approximate surface area is 571 Å². The topological polar surface area (TPSA) is 102 Å². The summed E-state index contributed by atoms with van der Waals surface area (Å²) in [5.41, 5.74) is 51.6. The van der Waals surface area contributed by atoms with Crippen LogP contribution >= 0.6 is 0 Å². The molecule has 0 amide bonds. The van der Waals surface area contributed by atoms with Gasteiger partial charge in [-0.15, -0.1) is 0 Å². The highest BCUT2D eigenvalue weighted by Gasteiger charge is 2.81. The van der Waals surface area contributed by atoms with Crippen molar-refractivity contribution in [3.63, 3.8) is 0 Å². The number of hydrogen-bond acceptors (Lipinski definition) is 0. The first kappa shape index (κ1) is 44.3. The minimum Gasteiger partial charge on any atom is -0.359 e. The van der Waals surface area contributed by atoms with Gasteiger partial charge in [0.1, 0.15) is 0 Å². The van der Waals surface area contributed by atoms with Gasteiger partial charge in [0.25, 0.3) is 44.1 Å². The summed E-state index contributed by atoms with van der Waals surface area (Å²) in [6.07, 6.45) is 12.1. The Morgan fingerprint density at radius 2 is 0.524 bits per heavy atom. The van der Waals surface area contributed by atoms with Crippen molar-refractivity contribution in [2.24, 2.45) is 0 Å². The molecule has 15 aliphatic heterocycles. The molecule has 0 bridgehead atoms. The third kappa shape index (κ3) is 3.27. The lowest BCUT2D eigenvalue weighted by Gasteiger charge is -2.38. The molecule has 4 atom stereocenters. The fourth-order valence-electron chi connectivity index (χ4n) is 27.1. The van der Waals surface area contributed by atoms with Crippen LogP contribution in [0.1, 0.15) is 34.2 Å². The number of hydrogen-bond donors (Lipinski definition) is 2. The van der Waals surface area contributed by atoms with E-state index in [2.05, 4.69) is 266 Å². The fourth-order valence-corrected chi connectivity index (χ4v) is 27.1. The van der Waals surface area contributed by atoms with Crippen LogP contribution in [0.2, 0.25) is 0 Å². The summed E-state index contributed by atoms with van der Waals surface area (Å²) in [4.78, 5) is 7.65. The first-order valence-corrected chi connectivity index (χ1v) is 36.5. The summed E-state index contributed by atoms with van der Waals surface area (Å²) in [5.74, 6) is -3.58. The maximum atomic E-state index is 3.83. The summed E-state index contributed by atoms with van der Waals surface area (Å²) in [6.45, 7) is 0. The van der Waals surface area contributed by atoms with Crippen molar-refractivity contribution in [3.05, 3.63) is 217 Å². The van der Waals surface area contributed by atoms with E-state index in [-0.39, 0.29) is 0 Å². The molecule has 18 aromatic heterocycles. The number of nitrogens with zero attached hydrogens (tertiary/aromatic N) is 16. The summed E-state index contributed by atoms with van der Waals surface area (Å²) in [5, 5.41) is 10.0. The number of nitrogens with one attached hydrogen (secondary N) is 2. The molecule has 0 saturated carbocycles. The van der Waals surface area contributed by atoms with Crippen molar-refractivity contribution in [1.82, 2.24) is 46.5 Å². The molecule has 18 heteroatoms. The fraction of sp³-hybridized carbons (Fsp3) is 0.0824. The molecule has 0 saturated heterocycles. The molecule has 15 aliphatic rings. The highest BCUT2D eigenvalue weighted by atomic mass is 15.7. The van der Waals surface area contributed by atoms with E-state index in [1.54, 1.807) is 0 Å². The Morgan fingerprint density at radius 1 is 0.252 bits per heavy atom. The Balaban J connectivity index is 0.725. The van der Waals surface area contributed by atoms with Crippen LogP contribution in [0.5, 0.6) is 0 Å². The van der Waals surface area contributed by atoms with E-state index in [0.29, 0.717) is 6.42 Å². The van der Waals surface area contributed by atoms with E-state index in [1.165, 1.54) is 267 Å². The van der Waals surface area contributed by atoms with E-state index < -0.39 is 23.6 Å². The van der Waals surface area contributed by atoms with Crippen molar-refractivity contribution >= 4 is 142 Å². The Kier molecular flexibility index (Phi) is 5.14. The van der Waals surface area contributed by atoms with Crippen molar-refractivity contribution in [2.45, 2.75) is 42.9 Å². The molecule has 37 rings (SSSR count). The number of H-pyrrole nitrogens is 2. The first-order chi connectivity index (χ1) is 51.1. The minimum atomic E-state index is -1.01. The van der Waals surface area contributed by atoms with Gasteiger partial charge in [-0.25, -0.2) is 9.13 Å². The van der Waals surface area contributed by atoms with Gasteiger partial charge in [0, 0.05) is 104 Å². The van der Waals surface area contributed by atoms with Crippen LogP contribution in [0.3, 0.4) is 0 Å². The molecule has 22 aromatic rings. The Morgan fingerprint density at radius 3 is 0.883 bits per heavy atom. The predicted molar refractivity (Wildman–Crippen MR) is 377 cm³/mol. The Bertz CT molecular complexity index is 8950. The summed E-state index contributed by atoms with van der Waals surface area (Å²) < 4.78 is 45.3. The zero-order valence-electron chi connectivity index (χ0n) is 53.6. The van der Waals surface area contributed by atoms with Gasteiger partial charge < -0.3 is 9.97 Å². The average Bonchev–Trinajstić information content (AvgIpc) is 1.43. The van der Waals surface area contributed by atoms with Gasteiger partial charge in [-0.05, 0) is 109 Å². The second-order valence-corrected chi connectivity index (χ2v) is 32.5. The SMILES string of the molecule is c1[nH]c2cc3n4c2c1-c1ccc2ccc5ccc6[n+]7c5c2[n+]1C47n1c(c2c4c1c-6cn4C14n5cc6c7c5c(c5n7C78n9c(c%10c%11c9c(c9n%11C%11%12n%13c(cc%14[nH]cc(c%14%13)-c%13ccc%14ccc%15ccc-%10[n+]%11c%15c%14[n+]%13%12)C9)-c9ccc%10ccc%11ccc-6[n+]7c%11c%10[n+]98)C5)-c5ccc6ccc7ccc-2[n+]1c7c6[n+]54)C3. The molecule has 4 aromatic carbocycles. The summed E-state index contributed by atoms with van der Waals surface area (Å²) in [7, 11) is 0. The number of aromatic amines is 2. The highest BCUT2D eigenvalue weighted by Crippen LogP contribution is 2.64. The second kappa shape index (κ2) is 11.9. The molecular weight excluding hydrogens is 1270 g/mol. The number of aromatic nitrogens is 18. The molecule has 0 fully saturated rings. The van der Waals surface area contributed by atoms with Gasteiger partial charge in [0.15, 0.2) is 0 Å². The molecule has 460 valence electrons. The van der Waals surface area contributed by atoms with Crippen molar-refractivity contribution in [1.29, 1.82) is 0 Å². The lowest BCUT2D eigenvalue weighted by molar-refractivity contribution is -0.966. The normalized spacial score (nSPS) is 21.8. The predicted octanol–water partition coefficient (Wildman–Crippen LogP) is 9.71. The van der Waals surface area contributed by atoms with Crippen molar-refractivity contribution in [3.8, 4) is 90.1 Å². The van der Waals surface area contributed by atoms with Gasteiger partial charge in [-0.1, -0.05) is 36.5 Å². The van der Waals surface area contributed by atoms with Crippen LogP contribution in [-0.4, -0.2) is 46.5 Å². The third-order valence-corrected chi connectivity index (χ3v) is 29.6. The average molecular weight is 1310 g/mol. The number of benzene rings is 4. The van der Waals surface area contributed by atoms with Gasteiger partial charge in [-0.3, -0.25) is 0 Å². The minimum absolute atomic E-state index is 0.712. The van der Waals surface area contributed by atoms with Gasteiger partial charge >= 0.3 is 23.6 Å². The van der Waals surface area contributed by atoms with Crippen LogP contribution in [0.25, 0.3) is 232 Å². The summed E-state index contributed by atoms with van der Waals surface area (Å²) in [6, 6.07) is 63.4. The van der Waals surface area contributed by atoms with E-state index in [9.17, 15) is 0 Å². The zero-order valence-corrected chi connectivity index (χ0v) is 53.6. The highest BCUT2D eigenvalue weighted by molar-refractivity contribution is 6.15. The monoisotopic (exact) mass is 1310 g/mol. The van der Waals surface area contributed by atoms with Crippen molar-refractivity contribution in [2.75, 3.05) is 0 Å². The lowest BCUT2D eigenvalue weighted by atomic mass is 9.97. The largest absolute Gasteiger partial charge is 0.554 e. The maximum absolute atomic E-state index is 3.83. The maximum Gasteiger partial charge on any atom is 0.554 e. The van der Waals surface area contributed by atoms with Gasteiger partial charge in [0.2, 0.25) is 45.6 Å². The first-order valence-electron chi connectivity index (χ1n) is 36.5. The smallest absolute Gasteiger partial charge is 0.359 e. The molecule has 0 radical (unpaired) electrons. The quantitative estimate of drug-likeness (QED) is 0.112.